The highest BCUT2D eigenvalue weighted by Crippen LogP contribution is 2.35. The second kappa shape index (κ2) is 12.4. The van der Waals surface area contributed by atoms with Crippen LogP contribution in [0.1, 0.15) is 51.5 Å². The summed E-state index contributed by atoms with van der Waals surface area (Å²) in [6.45, 7) is 4.88. The van der Waals surface area contributed by atoms with E-state index in [1.165, 1.54) is 30.2 Å². The Kier molecular flexibility index (Phi) is 9.61. The molecule has 0 spiro atoms. The van der Waals surface area contributed by atoms with Gasteiger partial charge in [-0.25, -0.2) is 0 Å². The lowest BCUT2D eigenvalue weighted by atomic mass is 10.1. The SMILES string of the molecule is CCCCCCCOc1cc(/C=C2\SC(=NS(=O)(=O)c3cccs3)N(CC)C2=O)ccc1OC. The molecule has 7 nitrogen and oxygen atoms in total. The van der Waals surface area contributed by atoms with Gasteiger partial charge in [-0.1, -0.05) is 44.7 Å². The number of rotatable bonds is 12. The van der Waals surface area contributed by atoms with E-state index in [0.29, 0.717) is 29.6 Å². The molecule has 2 aromatic rings. The number of hydrogen-bond donors (Lipinski definition) is 0. The molecule has 184 valence electrons. The lowest BCUT2D eigenvalue weighted by molar-refractivity contribution is -0.122. The van der Waals surface area contributed by atoms with Gasteiger partial charge >= 0.3 is 0 Å². The number of carbonyl (C=O) groups excluding carboxylic acids is 1. The van der Waals surface area contributed by atoms with Crippen LogP contribution in [0.25, 0.3) is 6.08 Å². The monoisotopic (exact) mass is 522 g/mol. The first-order valence-electron chi connectivity index (χ1n) is 11.3. The maximum absolute atomic E-state index is 12.9. The second-order valence-electron chi connectivity index (χ2n) is 7.61. The van der Waals surface area contributed by atoms with Crippen LogP contribution in [-0.2, 0) is 14.8 Å². The molecule has 0 radical (unpaired) electrons. The van der Waals surface area contributed by atoms with E-state index < -0.39 is 10.0 Å². The first kappa shape index (κ1) is 26.3. The van der Waals surface area contributed by atoms with E-state index in [2.05, 4.69) is 11.3 Å². The molecule has 1 amide bonds. The Bertz CT molecular complexity index is 1140. The molecule has 1 aromatic carbocycles. The van der Waals surface area contributed by atoms with Crippen molar-refractivity contribution in [3.63, 3.8) is 0 Å². The molecule has 0 aliphatic carbocycles. The van der Waals surface area contributed by atoms with Gasteiger partial charge in [0.25, 0.3) is 15.9 Å². The minimum Gasteiger partial charge on any atom is -0.493 e. The quantitative estimate of drug-likeness (QED) is 0.259. The average molecular weight is 523 g/mol. The summed E-state index contributed by atoms with van der Waals surface area (Å²) in [5, 5.41) is 1.83. The van der Waals surface area contributed by atoms with Gasteiger partial charge in [-0.05, 0) is 60.3 Å². The Balaban J connectivity index is 1.79. The van der Waals surface area contributed by atoms with E-state index in [1.807, 2.05) is 12.1 Å². The summed E-state index contributed by atoms with van der Waals surface area (Å²) in [5.74, 6) is 0.965. The van der Waals surface area contributed by atoms with Crippen LogP contribution in [0.5, 0.6) is 11.5 Å². The number of amides is 1. The number of benzene rings is 1. The number of unbranched alkanes of at least 4 members (excludes halogenated alkanes) is 4. The zero-order valence-electron chi connectivity index (χ0n) is 19.7. The fraction of sp³-hybridized carbons (Fsp3) is 0.417. The zero-order chi connectivity index (χ0) is 24.6. The number of ether oxygens (including phenoxy) is 2. The van der Waals surface area contributed by atoms with Crippen LogP contribution in [0.4, 0.5) is 0 Å². The number of amidine groups is 1. The smallest absolute Gasteiger partial charge is 0.294 e. The van der Waals surface area contributed by atoms with Crippen LogP contribution in [0.2, 0.25) is 0 Å². The number of sulfonamides is 1. The number of likely N-dealkylation sites (N-methyl/N-ethyl adjacent to an activating group) is 1. The standard InChI is InChI=1S/C24H30N2O5S3/c1-4-6-7-8-9-14-31-20-16-18(12-13-19(20)30-3)17-21-23(27)26(5-2)24(33-21)25-34(28,29)22-11-10-15-32-22/h10-13,15-17H,4-9,14H2,1-3H3/b21-17-,25-24?. The third kappa shape index (κ3) is 6.64. The topological polar surface area (TPSA) is 85.3 Å². The number of methoxy groups -OCH3 is 1. The van der Waals surface area contributed by atoms with Gasteiger partial charge < -0.3 is 9.47 Å². The lowest BCUT2D eigenvalue weighted by Crippen LogP contribution is -2.29. The molecular weight excluding hydrogens is 492 g/mol. The predicted octanol–water partition coefficient (Wildman–Crippen LogP) is 5.79. The molecule has 34 heavy (non-hydrogen) atoms. The van der Waals surface area contributed by atoms with Gasteiger partial charge in [0.2, 0.25) is 0 Å². The van der Waals surface area contributed by atoms with Crippen molar-refractivity contribution in [2.45, 2.75) is 50.2 Å². The highest BCUT2D eigenvalue weighted by Gasteiger charge is 2.34. The summed E-state index contributed by atoms with van der Waals surface area (Å²) in [7, 11) is -2.28. The Labute approximate surface area is 209 Å². The van der Waals surface area contributed by atoms with Crippen LogP contribution in [0.15, 0.2) is 49.2 Å². The van der Waals surface area contributed by atoms with E-state index >= 15 is 0 Å². The maximum atomic E-state index is 12.9. The van der Waals surface area contributed by atoms with Gasteiger partial charge in [-0.15, -0.1) is 15.7 Å². The van der Waals surface area contributed by atoms with Crippen molar-refractivity contribution >= 4 is 50.3 Å². The van der Waals surface area contributed by atoms with Gasteiger partial charge in [-0.2, -0.15) is 8.42 Å². The number of thiophene rings is 1. The Morgan fingerprint density at radius 1 is 1.09 bits per heavy atom. The van der Waals surface area contributed by atoms with Crippen LogP contribution in [0, 0.1) is 0 Å². The van der Waals surface area contributed by atoms with Crippen LogP contribution < -0.4 is 9.47 Å². The van der Waals surface area contributed by atoms with Crippen LogP contribution in [0.3, 0.4) is 0 Å². The zero-order valence-corrected chi connectivity index (χ0v) is 22.1. The summed E-state index contributed by atoms with van der Waals surface area (Å²) < 4.78 is 40.7. The first-order chi connectivity index (χ1) is 16.4. The molecule has 1 aliphatic rings. The molecule has 1 aliphatic heterocycles. The highest BCUT2D eigenvalue weighted by molar-refractivity contribution is 8.19. The fourth-order valence-electron chi connectivity index (χ4n) is 3.35. The average Bonchev–Trinajstić information content (AvgIpc) is 3.45. The van der Waals surface area contributed by atoms with E-state index in [0.717, 1.165) is 41.5 Å². The van der Waals surface area contributed by atoms with Crippen molar-refractivity contribution in [2.75, 3.05) is 20.3 Å². The Hall–Kier alpha value is -2.30. The van der Waals surface area contributed by atoms with Crippen molar-refractivity contribution in [1.29, 1.82) is 0 Å². The van der Waals surface area contributed by atoms with Gasteiger partial charge in [0.05, 0.1) is 18.6 Å². The summed E-state index contributed by atoms with van der Waals surface area (Å²) in [6, 6.07) is 8.63. The number of nitrogens with zero attached hydrogens (tertiary/aromatic N) is 2. The minimum absolute atomic E-state index is 0.146. The summed E-state index contributed by atoms with van der Waals surface area (Å²) >= 11 is 2.15. The van der Waals surface area contributed by atoms with Crippen molar-refractivity contribution in [3.8, 4) is 11.5 Å². The molecule has 0 bridgehead atoms. The molecule has 2 heterocycles. The first-order valence-corrected chi connectivity index (χ1v) is 14.4. The minimum atomic E-state index is -3.87. The van der Waals surface area contributed by atoms with Crippen molar-refractivity contribution in [3.05, 3.63) is 46.2 Å². The molecule has 3 rings (SSSR count). The van der Waals surface area contributed by atoms with E-state index in [-0.39, 0.29) is 15.3 Å². The number of thioether (sulfide) groups is 1. The molecule has 0 unspecified atom stereocenters. The molecule has 0 N–H and O–H groups in total. The summed E-state index contributed by atoms with van der Waals surface area (Å²) in [6.07, 6.45) is 7.43. The number of hydrogen-bond acceptors (Lipinski definition) is 7. The lowest BCUT2D eigenvalue weighted by Gasteiger charge is -2.12. The van der Waals surface area contributed by atoms with Gasteiger partial charge in [0.1, 0.15) is 4.21 Å². The molecule has 0 atom stereocenters. The Morgan fingerprint density at radius 3 is 2.56 bits per heavy atom. The van der Waals surface area contributed by atoms with Crippen molar-refractivity contribution in [2.24, 2.45) is 4.40 Å². The molecule has 10 heteroatoms. The maximum Gasteiger partial charge on any atom is 0.294 e. The third-order valence-corrected chi connectivity index (χ3v) is 8.90. The summed E-state index contributed by atoms with van der Waals surface area (Å²) in [4.78, 5) is 14.7. The summed E-state index contributed by atoms with van der Waals surface area (Å²) in [5.41, 5.74) is 0.760. The predicted molar refractivity (Wildman–Crippen MR) is 139 cm³/mol. The molecule has 0 saturated carbocycles. The van der Waals surface area contributed by atoms with Crippen LogP contribution >= 0.6 is 23.1 Å². The largest absolute Gasteiger partial charge is 0.493 e. The molecule has 1 aromatic heterocycles. The normalized spacial score (nSPS) is 16.6. The second-order valence-corrected chi connectivity index (χ2v) is 11.4. The number of carbonyl (C=O) groups is 1. The highest BCUT2D eigenvalue weighted by atomic mass is 32.2. The van der Waals surface area contributed by atoms with Crippen LogP contribution in [-0.4, -0.2) is 44.7 Å². The van der Waals surface area contributed by atoms with E-state index in [1.54, 1.807) is 37.6 Å². The molecule has 1 saturated heterocycles. The van der Waals surface area contributed by atoms with Crippen molar-refractivity contribution < 1.29 is 22.7 Å². The van der Waals surface area contributed by atoms with E-state index in [9.17, 15) is 13.2 Å². The third-order valence-electron chi connectivity index (χ3n) is 5.14. The van der Waals surface area contributed by atoms with Gasteiger partial charge in [0.15, 0.2) is 16.7 Å². The molecule has 1 fully saturated rings. The van der Waals surface area contributed by atoms with Crippen molar-refractivity contribution in [1.82, 2.24) is 4.90 Å². The van der Waals surface area contributed by atoms with Gasteiger partial charge in [0, 0.05) is 6.54 Å². The van der Waals surface area contributed by atoms with E-state index in [4.69, 9.17) is 9.47 Å². The Morgan fingerprint density at radius 2 is 1.88 bits per heavy atom. The van der Waals surface area contributed by atoms with Gasteiger partial charge in [-0.3, -0.25) is 9.69 Å². The fourth-order valence-corrected chi connectivity index (χ4v) is 6.56. The molecular formula is C24H30N2O5S3.